The van der Waals surface area contributed by atoms with Crippen molar-refractivity contribution in [2.75, 3.05) is 0 Å². The van der Waals surface area contributed by atoms with E-state index in [1.54, 1.807) is 6.92 Å². The lowest BCUT2D eigenvalue weighted by Crippen LogP contribution is -2.35. The van der Waals surface area contributed by atoms with Crippen LogP contribution in [-0.2, 0) is 9.84 Å². The molecule has 0 bridgehead atoms. The van der Waals surface area contributed by atoms with Gasteiger partial charge in [-0.1, -0.05) is 12.1 Å². The maximum Gasteiger partial charge on any atom is 0.182 e. The quantitative estimate of drug-likeness (QED) is 0.907. The summed E-state index contributed by atoms with van der Waals surface area (Å²) >= 11 is 3.39. The summed E-state index contributed by atoms with van der Waals surface area (Å²) in [6.45, 7) is 1.80. The third kappa shape index (κ3) is 2.02. The molecule has 0 radical (unpaired) electrons. The molecule has 0 saturated heterocycles. The highest BCUT2D eigenvalue weighted by atomic mass is 79.9. The molecule has 18 heavy (non-hydrogen) atoms. The van der Waals surface area contributed by atoms with E-state index in [1.807, 2.05) is 18.2 Å². The van der Waals surface area contributed by atoms with Crippen molar-refractivity contribution < 1.29 is 8.42 Å². The van der Waals surface area contributed by atoms with E-state index < -0.39 is 9.84 Å². The molecular formula is C13H16BrNO2S. The lowest BCUT2D eigenvalue weighted by Gasteiger charge is -2.31. The smallest absolute Gasteiger partial charge is 0.182 e. The Kier molecular flexibility index (Phi) is 3.03. The zero-order chi connectivity index (χ0) is 12.9. The molecule has 1 aromatic carbocycles. The fraction of sp³-hybridized carbons (Fsp3) is 0.538. The molecule has 0 spiro atoms. The predicted molar refractivity (Wildman–Crippen MR) is 74.3 cm³/mol. The van der Waals surface area contributed by atoms with Crippen LogP contribution >= 0.6 is 15.9 Å². The maximum absolute atomic E-state index is 12.4. The minimum Gasteiger partial charge on any atom is -0.307 e. The van der Waals surface area contributed by atoms with Crippen LogP contribution in [0.2, 0.25) is 0 Å². The molecule has 3 rings (SSSR count). The van der Waals surface area contributed by atoms with Crippen LogP contribution in [0.25, 0.3) is 0 Å². The Bertz CT molecular complexity index is 581. The topological polar surface area (TPSA) is 46.2 Å². The first-order valence-electron chi connectivity index (χ1n) is 6.28. The van der Waals surface area contributed by atoms with Crippen LogP contribution in [-0.4, -0.2) is 19.7 Å². The molecule has 98 valence electrons. The second-order valence-corrected chi connectivity index (χ2v) is 8.40. The molecule has 2 aliphatic rings. The first-order valence-corrected chi connectivity index (χ1v) is 8.62. The first kappa shape index (κ1) is 12.6. The van der Waals surface area contributed by atoms with Gasteiger partial charge in [-0.05, 0) is 53.7 Å². The summed E-state index contributed by atoms with van der Waals surface area (Å²) in [5.41, 5.74) is 0.925. The van der Waals surface area contributed by atoms with Crippen molar-refractivity contribution in [1.29, 1.82) is 0 Å². The molecule has 1 aliphatic heterocycles. The van der Waals surface area contributed by atoms with Crippen LogP contribution in [0, 0.1) is 0 Å². The molecule has 2 unspecified atom stereocenters. The van der Waals surface area contributed by atoms with Gasteiger partial charge in [0.15, 0.2) is 9.84 Å². The summed E-state index contributed by atoms with van der Waals surface area (Å²) in [6.07, 6.45) is 3.09. The van der Waals surface area contributed by atoms with Crippen LogP contribution in [0.5, 0.6) is 0 Å². The molecule has 2 atom stereocenters. The highest BCUT2D eigenvalue weighted by molar-refractivity contribution is 9.10. The first-order chi connectivity index (χ1) is 8.50. The molecule has 5 heteroatoms. The number of halogens is 1. The van der Waals surface area contributed by atoms with Crippen LogP contribution in [0.15, 0.2) is 27.6 Å². The van der Waals surface area contributed by atoms with Gasteiger partial charge >= 0.3 is 0 Å². The van der Waals surface area contributed by atoms with Crippen molar-refractivity contribution in [3.63, 3.8) is 0 Å². The summed E-state index contributed by atoms with van der Waals surface area (Å²) < 4.78 is 25.5. The maximum atomic E-state index is 12.4. The SMILES string of the molecule is CC1CC(NC2CC2)c2cccc(Br)c2S1(=O)=O. The molecule has 1 aromatic rings. The van der Waals surface area contributed by atoms with Gasteiger partial charge in [0.2, 0.25) is 0 Å². The van der Waals surface area contributed by atoms with Crippen LogP contribution in [0.4, 0.5) is 0 Å². The Morgan fingerprint density at radius 3 is 2.72 bits per heavy atom. The molecule has 1 fully saturated rings. The van der Waals surface area contributed by atoms with Gasteiger partial charge in [0.05, 0.1) is 10.1 Å². The summed E-state index contributed by atoms with van der Waals surface area (Å²) in [4.78, 5) is 0.488. The van der Waals surface area contributed by atoms with E-state index in [1.165, 1.54) is 12.8 Å². The Hall–Kier alpha value is -0.390. The minimum atomic E-state index is -3.19. The van der Waals surface area contributed by atoms with Gasteiger partial charge in [0.25, 0.3) is 0 Å². The normalized spacial score (nSPS) is 29.9. The van der Waals surface area contributed by atoms with Gasteiger partial charge in [0.1, 0.15) is 0 Å². The Morgan fingerprint density at radius 1 is 1.33 bits per heavy atom. The van der Waals surface area contributed by atoms with Crippen LogP contribution < -0.4 is 5.32 Å². The van der Waals surface area contributed by atoms with E-state index >= 15 is 0 Å². The van der Waals surface area contributed by atoms with Crippen LogP contribution in [0.1, 0.15) is 37.8 Å². The number of nitrogens with one attached hydrogen (secondary N) is 1. The third-order valence-electron chi connectivity index (χ3n) is 3.77. The van der Waals surface area contributed by atoms with Gasteiger partial charge in [-0.25, -0.2) is 8.42 Å². The third-order valence-corrected chi connectivity index (χ3v) is 6.97. The van der Waals surface area contributed by atoms with Gasteiger partial charge in [-0.2, -0.15) is 0 Å². The van der Waals surface area contributed by atoms with Crippen LogP contribution in [0.3, 0.4) is 0 Å². The Morgan fingerprint density at radius 2 is 2.06 bits per heavy atom. The van der Waals surface area contributed by atoms with Gasteiger partial charge < -0.3 is 5.32 Å². The number of hydrogen-bond acceptors (Lipinski definition) is 3. The minimum absolute atomic E-state index is 0.170. The number of benzene rings is 1. The molecule has 1 heterocycles. The Labute approximate surface area is 116 Å². The summed E-state index contributed by atoms with van der Waals surface area (Å²) in [5, 5.41) is 3.24. The number of sulfone groups is 1. The van der Waals surface area contributed by atoms with Gasteiger partial charge in [-0.3, -0.25) is 0 Å². The standard InChI is InChI=1S/C13H16BrNO2S/c1-8-7-12(15-9-5-6-9)10-3-2-4-11(14)13(10)18(8,16)17/h2-4,8-9,12,15H,5-7H2,1H3. The van der Waals surface area contributed by atoms with E-state index in [0.29, 0.717) is 21.8 Å². The summed E-state index contributed by atoms with van der Waals surface area (Å²) in [5.74, 6) is 0. The molecule has 1 N–H and O–H groups in total. The molecule has 3 nitrogen and oxygen atoms in total. The zero-order valence-corrected chi connectivity index (χ0v) is 12.6. The monoisotopic (exact) mass is 329 g/mol. The second-order valence-electron chi connectivity index (χ2n) is 5.24. The van der Waals surface area contributed by atoms with Crippen molar-refractivity contribution in [2.24, 2.45) is 0 Å². The fourth-order valence-corrected chi connectivity index (χ4v) is 5.36. The predicted octanol–water partition coefficient (Wildman–Crippen LogP) is 2.81. The van der Waals surface area contributed by atoms with Gasteiger partial charge in [-0.15, -0.1) is 0 Å². The van der Waals surface area contributed by atoms with Crippen molar-refractivity contribution in [1.82, 2.24) is 5.32 Å². The Balaban J connectivity index is 2.11. The number of rotatable bonds is 2. The van der Waals surface area contributed by atoms with E-state index in [9.17, 15) is 8.42 Å². The number of fused-ring (bicyclic) bond motifs is 1. The molecule has 1 aliphatic carbocycles. The van der Waals surface area contributed by atoms with Crippen molar-refractivity contribution in [3.8, 4) is 0 Å². The second kappa shape index (κ2) is 4.32. The van der Waals surface area contributed by atoms with Crippen molar-refractivity contribution >= 4 is 25.8 Å². The summed E-state index contributed by atoms with van der Waals surface area (Å²) in [7, 11) is -3.19. The lowest BCUT2D eigenvalue weighted by atomic mass is 10.0. The summed E-state index contributed by atoms with van der Waals surface area (Å²) in [6, 6.07) is 6.40. The number of hydrogen-bond donors (Lipinski definition) is 1. The van der Waals surface area contributed by atoms with E-state index in [4.69, 9.17) is 0 Å². The molecule has 0 amide bonds. The fourth-order valence-electron chi connectivity index (χ4n) is 2.58. The largest absolute Gasteiger partial charge is 0.307 e. The molecule has 1 saturated carbocycles. The highest BCUT2D eigenvalue weighted by Crippen LogP contribution is 2.41. The van der Waals surface area contributed by atoms with E-state index in [2.05, 4.69) is 21.2 Å². The van der Waals surface area contributed by atoms with E-state index in [-0.39, 0.29) is 11.3 Å². The van der Waals surface area contributed by atoms with Gasteiger partial charge in [0, 0.05) is 16.6 Å². The lowest BCUT2D eigenvalue weighted by molar-refractivity contribution is 0.460. The molecular weight excluding hydrogens is 314 g/mol. The van der Waals surface area contributed by atoms with Crippen molar-refractivity contribution in [3.05, 3.63) is 28.2 Å². The molecule has 0 aromatic heterocycles. The van der Waals surface area contributed by atoms with E-state index in [0.717, 1.165) is 5.56 Å². The average Bonchev–Trinajstić information content (AvgIpc) is 3.09. The highest BCUT2D eigenvalue weighted by Gasteiger charge is 2.39. The average molecular weight is 330 g/mol. The zero-order valence-electron chi connectivity index (χ0n) is 10.2. The van der Waals surface area contributed by atoms with Crippen molar-refractivity contribution in [2.45, 2.75) is 48.4 Å².